The molecule has 0 aromatic carbocycles. The molecule has 86 valence electrons. The molecule has 0 aliphatic carbocycles. The highest BCUT2D eigenvalue weighted by Crippen LogP contribution is 2.14. The molecular formula is C11H19NO2S. The van der Waals surface area contributed by atoms with Crippen LogP contribution in [0.1, 0.15) is 17.4 Å². The summed E-state index contributed by atoms with van der Waals surface area (Å²) in [5.74, 6) is 0. The lowest BCUT2D eigenvalue weighted by Crippen LogP contribution is -2.30. The molecule has 1 unspecified atom stereocenters. The lowest BCUT2D eigenvalue weighted by atomic mass is 10.3. The van der Waals surface area contributed by atoms with Gasteiger partial charge < -0.3 is 15.2 Å². The van der Waals surface area contributed by atoms with E-state index >= 15 is 0 Å². The van der Waals surface area contributed by atoms with E-state index in [9.17, 15) is 5.11 Å². The highest BCUT2D eigenvalue weighted by molar-refractivity contribution is 7.10. The first-order valence-corrected chi connectivity index (χ1v) is 6.11. The molecule has 15 heavy (non-hydrogen) atoms. The van der Waals surface area contributed by atoms with Gasteiger partial charge in [-0.25, -0.2) is 0 Å². The number of aliphatic hydroxyl groups is 1. The van der Waals surface area contributed by atoms with Crippen LogP contribution in [0, 0.1) is 6.92 Å². The minimum Gasteiger partial charge on any atom is -0.389 e. The highest BCUT2D eigenvalue weighted by atomic mass is 32.1. The van der Waals surface area contributed by atoms with Gasteiger partial charge in [-0.05, 0) is 30.9 Å². The Morgan fingerprint density at radius 1 is 1.60 bits per heavy atom. The summed E-state index contributed by atoms with van der Waals surface area (Å²) in [6, 6.07) is 2.11. The molecule has 1 rings (SSSR count). The van der Waals surface area contributed by atoms with E-state index in [0.29, 0.717) is 19.8 Å². The Hall–Kier alpha value is -0.420. The third-order valence-electron chi connectivity index (χ3n) is 2.15. The van der Waals surface area contributed by atoms with Crippen molar-refractivity contribution in [1.29, 1.82) is 0 Å². The van der Waals surface area contributed by atoms with Crippen LogP contribution in [0.4, 0.5) is 0 Å². The molecule has 1 atom stereocenters. The highest BCUT2D eigenvalue weighted by Gasteiger charge is 2.04. The van der Waals surface area contributed by atoms with Crippen molar-refractivity contribution in [2.45, 2.75) is 26.5 Å². The summed E-state index contributed by atoms with van der Waals surface area (Å²) in [7, 11) is 0. The molecule has 3 nitrogen and oxygen atoms in total. The lowest BCUT2D eigenvalue weighted by Gasteiger charge is -2.11. The minimum atomic E-state index is -0.412. The van der Waals surface area contributed by atoms with Crippen LogP contribution in [-0.2, 0) is 11.3 Å². The van der Waals surface area contributed by atoms with E-state index in [2.05, 4.69) is 23.7 Å². The summed E-state index contributed by atoms with van der Waals surface area (Å²) >= 11 is 1.74. The van der Waals surface area contributed by atoms with Gasteiger partial charge in [-0.1, -0.05) is 0 Å². The average molecular weight is 229 g/mol. The maximum absolute atomic E-state index is 9.49. The summed E-state index contributed by atoms with van der Waals surface area (Å²) in [6.45, 7) is 6.50. The molecule has 0 fully saturated rings. The van der Waals surface area contributed by atoms with Gasteiger partial charge >= 0.3 is 0 Å². The molecule has 1 heterocycles. The molecule has 0 aliphatic heterocycles. The van der Waals surface area contributed by atoms with E-state index in [-0.39, 0.29) is 0 Å². The van der Waals surface area contributed by atoms with Crippen molar-refractivity contribution < 1.29 is 9.84 Å². The van der Waals surface area contributed by atoms with Crippen LogP contribution in [0.15, 0.2) is 11.4 Å². The topological polar surface area (TPSA) is 41.5 Å². The zero-order valence-corrected chi connectivity index (χ0v) is 10.1. The SMILES string of the molecule is CCOCC(O)CNCc1sccc1C. The number of aliphatic hydroxyl groups excluding tert-OH is 1. The number of nitrogens with one attached hydrogen (secondary N) is 1. The van der Waals surface area contributed by atoms with Crippen molar-refractivity contribution in [3.8, 4) is 0 Å². The second-order valence-electron chi connectivity index (χ2n) is 3.47. The lowest BCUT2D eigenvalue weighted by molar-refractivity contribution is 0.0427. The smallest absolute Gasteiger partial charge is 0.0897 e. The summed E-state index contributed by atoms with van der Waals surface area (Å²) in [4.78, 5) is 1.33. The molecule has 4 heteroatoms. The minimum absolute atomic E-state index is 0.410. The fraction of sp³-hybridized carbons (Fsp3) is 0.636. The third kappa shape index (κ3) is 4.75. The van der Waals surface area contributed by atoms with Gasteiger partial charge in [0.05, 0.1) is 12.7 Å². The second-order valence-corrected chi connectivity index (χ2v) is 4.47. The van der Waals surface area contributed by atoms with Crippen molar-refractivity contribution in [2.75, 3.05) is 19.8 Å². The summed E-state index contributed by atoms with van der Waals surface area (Å²) < 4.78 is 5.12. The Bertz CT molecular complexity index is 275. The summed E-state index contributed by atoms with van der Waals surface area (Å²) in [5.41, 5.74) is 1.31. The number of thiophene rings is 1. The van der Waals surface area contributed by atoms with Gasteiger partial charge in [-0.3, -0.25) is 0 Å². The first-order valence-electron chi connectivity index (χ1n) is 5.23. The standard InChI is InChI=1S/C11H19NO2S/c1-3-14-8-10(13)6-12-7-11-9(2)4-5-15-11/h4-5,10,12-13H,3,6-8H2,1-2H3. The molecular weight excluding hydrogens is 210 g/mol. The first-order chi connectivity index (χ1) is 7.24. The van der Waals surface area contributed by atoms with Gasteiger partial charge in [-0.15, -0.1) is 11.3 Å². The largest absolute Gasteiger partial charge is 0.389 e. The molecule has 0 saturated carbocycles. The van der Waals surface area contributed by atoms with Crippen LogP contribution in [-0.4, -0.2) is 31.0 Å². The molecule has 0 amide bonds. The van der Waals surface area contributed by atoms with Gasteiger partial charge in [0.15, 0.2) is 0 Å². The molecule has 1 aromatic rings. The second kappa shape index (κ2) is 6.95. The Morgan fingerprint density at radius 2 is 2.40 bits per heavy atom. The van der Waals surface area contributed by atoms with E-state index in [1.165, 1.54) is 10.4 Å². The maximum atomic E-state index is 9.49. The zero-order chi connectivity index (χ0) is 11.1. The van der Waals surface area contributed by atoms with Crippen LogP contribution >= 0.6 is 11.3 Å². The quantitative estimate of drug-likeness (QED) is 0.745. The van der Waals surface area contributed by atoms with Crippen molar-refractivity contribution in [2.24, 2.45) is 0 Å². The fourth-order valence-corrected chi connectivity index (χ4v) is 2.13. The zero-order valence-electron chi connectivity index (χ0n) is 9.32. The Kier molecular flexibility index (Phi) is 5.86. The Balaban J connectivity index is 2.13. The van der Waals surface area contributed by atoms with Gasteiger partial charge in [0.25, 0.3) is 0 Å². The normalized spacial score (nSPS) is 13.0. The van der Waals surface area contributed by atoms with Crippen LogP contribution in [0.5, 0.6) is 0 Å². The predicted molar refractivity (Wildman–Crippen MR) is 63.3 cm³/mol. The van der Waals surface area contributed by atoms with E-state index in [0.717, 1.165) is 6.54 Å². The molecule has 0 spiro atoms. The maximum Gasteiger partial charge on any atom is 0.0897 e. The van der Waals surface area contributed by atoms with Crippen molar-refractivity contribution in [3.63, 3.8) is 0 Å². The molecule has 0 radical (unpaired) electrons. The van der Waals surface area contributed by atoms with Crippen molar-refractivity contribution in [3.05, 3.63) is 21.9 Å². The molecule has 2 N–H and O–H groups in total. The van der Waals surface area contributed by atoms with Crippen molar-refractivity contribution >= 4 is 11.3 Å². The molecule has 1 aromatic heterocycles. The molecule has 0 aliphatic rings. The number of hydrogen-bond acceptors (Lipinski definition) is 4. The average Bonchev–Trinajstić information content (AvgIpc) is 2.61. The fourth-order valence-electron chi connectivity index (χ4n) is 1.25. The summed E-state index contributed by atoms with van der Waals surface area (Å²) in [5, 5.41) is 14.8. The van der Waals surface area contributed by atoms with Gasteiger partial charge in [0.1, 0.15) is 0 Å². The third-order valence-corrected chi connectivity index (χ3v) is 3.17. The van der Waals surface area contributed by atoms with Gasteiger partial charge in [0, 0.05) is 24.6 Å². The number of aryl methyl sites for hydroxylation is 1. The van der Waals surface area contributed by atoms with Crippen LogP contribution in [0.25, 0.3) is 0 Å². The predicted octanol–water partition coefficient (Wildman–Crippen LogP) is 1.54. The van der Waals surface area contributed by atoms with Gasteiger partial charge in [0.2, 0.25) is 0 Å². The first kappa shape index (κ1) is 12.6. The van der Waals surface area contributed by atoms with E-state index in [1.54, 1.807) is 11.3 Å². The Labute approximate surface area is 95.1 Å². The molecule has 0 bridgehead atoms. The molecule has 0 saturated heterocycles. The van der Waals surface area contributed by atoms with Crippen molar-refractivity contribution in [1.82, 2.24) is 5.32 Å². The monoisotopic (exact) mass is 229 g/mol. The summed E-state index contributed by atoms with van der Waals surface area (Å²) in [6.07, 6.45) is -0.412. The van der Waals surface area contributed by atoms with Crippen LogP contribution < -0.4 is 5.32 Å². The van der Waals surface area contributed by atoms with Gasteiger partial charge in [-0.2, -0.15) is 0 Å². The van der Waals surface area contributed by atoms with E-state index < -0.39 is 6.10 Å². The number of rotatable bonds is 7. The number of ether oxygens (including phenoxy) is 1. The van der Waals surface area contributed by atoms with Crippen LogP contribution in [0.3, 0.4) is 0 Å². The van der Waals surface area contributed by atoms with E-state index in [1.807, 2.05) is 6.92 Å². The van der Waals surface area contributed by atoms with Crippen LogP contribution in [0.2, 0.25) is 0 Å². The van der Waals surface area contributed by atoms with E-state index in [4.69, 9.17) is 4.74 Å². The number of hydrogen-bond donors (Lipinski definition) is 2. The Morgan fingerprint density at radius 3 is 3.00 bits per heavy atom.